The van der Waals surface area contributed by atoms with Gasteiger partial charge in [-0.15, -0.1) is 0 Å². The van der Waals surface area contributed by atoms with E-state index in [0.29, 0.717) is 16.6 Å². The van der Waals surface area contributed by atoms with Crippen LogP contribution in [0.5, 0.6) is 0 Å². The van der Waals surface area contributed by atoms with Gasteiger partial charge >= 0.3 is 0 Å². The van der Waals surface area contributed by atoms with Crippen molar-refractivity contribution in [3.05, 3.63) is 63.4 Å². The average Bonchev–Trinajstić information content (AvgIpc) is 2.42. The van der Waals surface area contributed by atoms with E-state index in [9.17, 15) is 9.18 Å². The van der Waals surface area contributed by atoms with Crippen molar-refractivity contribution in [2.24, 2.45) is 0 Å². The molecule has 0 aliphatic rings. The number of nitrogens with two attached hydrogens (primary N) is 1. The third-order valence-corrected chi connectivity index (χ3v) is 3.82. The van der Waals surface area contributed by atoms with Gasteiger partial charge < -0.3 is 10.6 Å². The van der Waals surface area contributed by atoms with Crippen molar-refractivity contribution in [1.82, 2.24) is 4.90 Å². The minimum Gasteiger partial charge on any atom is -0.396 e. The normalized spacial score (nSPS) is 10.5. The lowest BCUT2D eigenvalue weighted by atomic mass is 10.1. The molecule has 110 valence electrons. The van der Waals surface area contributed by atoms with Gasteiger partial charge in [-0.05, 0) is 40.5 Å². The van der Waals surface area contributed by atoms with E-state index in [1.54, 1.807) is 11.9 Å². The van der Waals surface area contributed by atoms with Crippen LogP contribution in [0.2, 0.25) is 0 Å². The Morgan fingerprint density at radius 3 is 2.71 bits per heavy atom. The highest BCUT2D eigenvalue weighted by Gasteiger charge is 2.17. The second kappa shape index (κ2) is 6.26. The lowest BCUT2D eigenvalue weighted by molar-refractivity contribution is 0.0784. The van der Waals surface area contributed by atoms with Crippen molar-refractivity contribution in [2.75, 3.05) is 12.8 Å². The third kappa shape index (κ3) is 3.61. The van der Waals surface area contributed by atoms with Crippen molar-refractivity contribution in [2.45, 2.75) is 13.5 Å². The molecular weight excluding hydrogens is 335 g/mol. The van der Waals surface area contributed by atoms with Gasteiger partial charge in [0.25, 0.3) is 5.91 Å². The zero-order chi connectivity index (χ0) is 15.6. The van der Waals surface area contributed by atoms with E-state index in [-0.39, 0.29) is 11.6 Å². The van der Waals surface area contributed by atoms with Crippen LogP contribution in [-0.2, 0) is 6.54 Å². The molecule has 0 saturated heterocycles. The summed E-state index contributed by atoms with van der Waals surface area (Å²) in [5, 5.41) is 0. The van der Waals surface area contributed by atoms with Gasteiger partial charge in [0.15, 0.2) is 0 Å². The largest absolute Gasteiger partial charge is 0.396 e. The van der Waals surface area contributed by atoms with Crippen molar-refractivity contribution < 1.29 is 9.18 Å². The molecule has 0 radical (unpaired) electrons. The summed E-state index contributed by atoms with van der Waals surface area (Å²) in [6.07, 6.45) is 0. The fourth-order valence-corrected chi connectivity index (χ4v) is 2.58. The highest BCUT2D eigenvalue weighted by molar-refractivity contribution is 9.10. The molecule has 1 amide bonds. The van der Waals surface area contributed by atoms with Crippen molar-refractivity contribution in [3.63, 3.8) is 0 Å². The fraction of sp³-hybridized carbons (Fsp3) is 0.188. The first kappa shape index (κ1) is 15.5. The molecule has 0 saturated carbocycles. The highest BCUT2D eigenvalue weighted by Crippen LogP contribution is 2.24. The smallest absolute Gasteiger partial charge is 0.255 e. The van der Waals surface area contributed by atoms with E-state index in [4.69, 9.17) is 5.73 Å². The van der Waals surface area contributed by atoms with Crippen molar-refractivity contribution >= 4 is 27.5 Å². The Morgan fingerprint density at radius 2 is 2.05 bits per heavy atom. The van der Waals surface area contributed by atoms with Crippen LogP contribution in [0.4, 0.5) is 10.1 Å². The van der Waals surface area contributed by atoms with E-state index >= 15 is 0 Å². The third-order valence-electron chi connectivity index (χ3n) is 3.17. The second-order valence-electron chi connectivity index (χ2n) is 5.00. The molecule has 0 atom stereocenters. The van der Waals surface area contributed by atoms with Gasteiger partial charge in [-0.2, -0.15) is 0 Å². The number of carbonyl (C=O) groups is 1. The van der Waals surface area contributed by atoms with E-state index in [1.165, 1.54) is 12.1 Å². The quantitative estimate of drug-likeness (QED) is 0.856. The number of aryl methyl sites for hydroxylation is 1. The Labute approximate surface area is 131 Å². The summed E-state index contributed by atoms with van der Waals surface area (Å²) >= 11 is 3.20. The summed E-state index contributed by atoms with van der Waals surface area (Å²) in [6.45, 7) is 2.48. The number of hydrogen-bond acceptors (Lipinski definition) is 2. The zero-order valence-corrected chi connectivity index (χ0v) is 13.4. The lowest BCUT2D eigenvalue weighted by Gasteiger charge is -2.19. The molecule has 0 unspecified atom stereocenters. The monoisotopic (exact) mass is 350 g/mol. The molecule has 0 aliphatic heterocycles. The van der Waals surface area contributed by atoms with Gasteiger partial charge in [0.05, 0.1) is 11.3 Å². The van der Waals surface area contributed by atoms with Gasteiger partial charge in [-0.1, -0.05) is 29.8 Å². The van der Waals surface area contributed by atoms with E-state index in [1.807, 2.05) is 31.2 Å². The number of nitrogens with zero attached hydrogens (tertiary/aromatic N) is 1. The molecule has 2 rings (SSSR count). The summed E-state index contributed by atoms with van der Waals surface area (Å²) in [5.74, 6) is -0.755. The zero-order valence-electron chi connectivity index (χ0n) is 11.9. The number of anilines is 1. The molecule has 5 heteroatoms. The summed E-state index contributed by atoms with van der Waals surface area (Å²) in [7, 11) is 1.71. The molecule has 0 aromatic heterocycles. The van der Waals surface area contributed by atoms with Gasteiger partial charge in [-0.3, -0.25) is 4.79 Å². The molecule has 3 nitrogen and oxygen atoms in total. The number of nitrogen functional groups attached to an aromatic ring is 1. The SMILES string of the molecule is Cc1cccc(CN(C)C(=O)c2cc(N)c(F)cc2Br)c1. The Hall–Kier alpha value is -1.88. The first-order valence-electron chi connectivity index (χ1n) is 6.44. The van der Waals surface area contributed by atoms with Gasteiger partial charge in [0.1, 0.15) is 5.82 Å². The number of amides is 1. The highest BCUT2D eigenvalue weighted by atomic mass is 79.9. The first-order valence-corrected chi connectivity index (χ1v) is 7.23. The van der Waals surface area contributed by atoms with E-state index in [2.05, 4.69) is 15.9 Å². The maximum atomic E-state index is 13.3. The van der Waals surface area contributed by atoms with Crippen LogP contribution < -0.4 is 5.73 Å². The summed E-state index contributed by atoms with van der Waals surface area (Å²) in [6, 6.07) is 10.5. The Morgan fingerprint density at radius 1 is 1.33 bits per heavy atom. The molecule has 2 N–H and O–H groups in total. The molecule has 0 spiro atoms. The number of hydrogen-bond donors (Lipinski definition) is 1. The van der Waals surface area contributed by atoms with Crippen LogP contribution in [0, 0.1) is 12.7 Å². The summed E-state index contributed by atoms with van der Waals surface area (Å²) in [4.78, 5) is 14.0. The van der Waals surface area contributed by atoms with E-state index in [0.717, 1.165) is 11.1 Å². The Kier molecular flexibility index (Phi) is 4.63. The minimum atomic E-state index is -0.542. The van der Waals surface area contributed by atoms with Crippen LogP contribution in [-0.4, -0.2) is 17.9 Å². The van der Waals surface area contributed by atoms with Gasteiger partial charge in [-0.25, -0.2) is 4.39 Å². The number of benzene rings is 2. The summed E-state index contributed by atoms with van der Waals surface area (Å²) < 4.78 is 13.7. The predicted molar refractivity (Wildman–Crippen MR) is 85.5 cm³/mol. The topological polar surface area (TPSA) is 46.3 Å². The first-order chi connectivity index (χ1) is 9.88. The Bertz CT molecular complexity index is 688. The number of carbonyl (C=O) groups excluding carboxylic acids is 1. The molecule has 21 heavy (non-hydrogen) atoms. The van der Waals surface area contributed by atoms with E-state index < -0.39 is 5.82 Å². The molecule has 0 fully saturated rings. The average molecular weight is 351 g/mol. The van der Waals surface area contributed by atoms with Crippen molar-refractivity contribution in [3.8, 4) is 0 Å². The Balaban J connectivity index is 2.22. The van der Waals surface area contributed by atoms with Crippen LogP contribution >= 0.6 is 15.9 Å². The molecule has 0 bridgehead atoms. The standard InChI is InChI=1S/C16H16BrFN2O/c1-10-4-3-5-11(6-10)9-20(2)16(21)12-7-15(19)14(18)8-13(12)17/h3-8H,9,19H2,1-2H3. The van der Waals surface area contributed by atoms with Gasteiger partial charge in [0.2, 0.25) is 0 Å². The van der Waals surface area contributed by atoms with Crippen LogP contribution in [0.15, 0.2) is 40.9 Å². The predicted octanol–water partition coefficient (Wildman–Crippen LogP) is 3.75. The number of halogens is 2. The molecule has 0 heterocycles. The fourth-order valence-electron chi connectivity index (χ4n) is 2.09. The van der Waals surface area contributed by atoms with Crippen LogP contribution in [0.25, 0.3) is 0 Å². The second-order valence-corrected chi connectivity index (χ2v) is 5.86. The van der Waals surface area contributed by atoms with Crippen molar-refractivity contribution in [1.29, 1.82) is 0 Å². The van der Waals surface area contributed by atoms with Crippen LogP contribution in [0.3, 0.4) is 0 Å². The molecule has 2 aromatic rings. The maximum absolute atomic E-state index is 13.3. The summed E-state index contributed by atoms with van der Waals surface area (Å²) in [5.41, 5.74) is 8.03. The minimum absolute atomic E-state index is 0.0366. The maximum Gasteiger partial charge on any atom is 0.255 e. The lowest BCUT2D eigenvalue weighted by Crippen LogP contribution is -2.26. The van der Waals surface area contributed by atoms with Crippen LogP contribution in [0.1, 0.15) is 21.5 Å². The molecule has 0 aliphatic carbocycles. The van der Waals surface area contributed by atoms with Gasteiger partial charge in [0, 0.05) is 18.1 Å². The number of rotatable bonds is 3. The molecular formula is C16H16BrFN2O. The molecule has 2 aromatic carbocycles.